The second kappa shape index (κ2) is 9.84. The van der Waals surface area contributed by atoms with Crippen LogP contribution in [0.15, 0.2) is 28.1 Å². The fraction of sp³-hybridized carbons (Fsp3) is 0.750. The van der Waals surface area contributed by atoms with Crippen LogP contribution in [-0.4, -0.2) is 61.8 Å². The predicted octanol–water partition coefficient (Wildman–Crippen LogP) is 2.80. The van der Waals surface area contributed by atoms with Crippen molar-refractivity contribution in [2.24, 2.45) is 0 Å². The monoisotopic (exact) mass is 430 g/mol. The third kappa shape index (κ3) is 4.89. The van der Waals surface area contributed by atoms with Gasteiger partial charge in [0.05, 0.1) is 25.4 Å². The third-order valence-electron chi connectivity index (χ3n) is 7.36. The summed E-state index contributed by atoms with van der Waals surface area (Å²) in [4.78, 5) is 14.8. The predicted molar refractivity (Wildman–Crippen MR) is 121 cm³/mol. The van der Waals surface area contributed by atoms with Crippen LogP contribution in [0.5, 0.6) is 0 Å². The highest BCUT2D eigenvalue weighted by Crippen LogP contribution is 2.37. The summed E-state index contributed by atoms with van der Waals surface area (Å²) in [5.41, 5.74) is 2.79. The van der Waals surface area contributed by atoms with Crippen molar-refractivity contribution in [2.75, 3.05) is 13.2 Å². The maximum atomic E-state index is 12.4. The number of aliphatic hydroxyl groups excluding tert-OH is 1. The van der Waals surface area contributed by atoms with E-state index in [2.05, 4.69) is 29.1 Å². The van der Waals surface area contributed by atoms with E-state index in [0.717, 1.165) is 32.3 Å². The molecule has 4 rings (SSSR count). The van der Waals surface area contributed by atoms with E-state index in [-0.39, 0.29) is 12.2 Å². The Balaban J connectivity index is 1.31. The zero-order valence-electron chi connectivity index (χ0n) is 19.3. The van der Waals surface area contributed by atoms with E-state index in [4.69, 9.17) is 4.74 Å². The summed E-state index contributed by atoms with van der Waals surface area (Å²) >= 11 is 0. The third-order valence-corrected chi connectivity index (χ3v) is 7.36. The first-order chi connectivity index (χ1) is 15.0. The lowest BCUT2D eigenvalue weighted by molar-refractivity contribution is -0.0265. The zero-order valence-corrected chi connectivity index (χ0v) is 19.3. The first-order valence-electron chi connectivity index (χ1n) is 12.1. The van der Waals surface area contributed by atoms with E-state index in [9.17, 15) is 9.90 Å². The number of allylic oxidation sites excluding steroid dienone is 2. The first kappa shape index (κ1) is 22.5. The molecule has 3 atom stereocenters. The number of fused-ring (bicyclic) bond motifs is 2. The van der Waals surface area contributed by atoms with Crippen LogP contribution in [0.25, 0.3) is 0 Å². The molecule has 0 amide bonds. The lowest BCUT2D eigenvalue weighted by Gasteiger charge is -2.39. The molecular weight excluding hydrogens is 392 g/mol. The molecule has 1 aliphatic carbocycles. The van der Waals surface area contributed by atoms with Gasteiger partial charge in [0.25, 0.3) is 0 Å². The van der Waals surface area contributed by atoms with Crippen molar-refractivity contribution in [3.63, 3.8) is 0 Å². The number of aliphatic hydroxyl groups is 1. The molecule has 2 bridgehead atoms. The number of nitrogens with zero attached hydrogens (tertiary/aromatic N) is 4. The van der Waals surface area contributed by atoms with Gasteiger partial charge in [-0.25, -0.2) is 9.48 Å². The Labute approximate surface area is 185 Å². The molecule has 172 valence electrons. The van der Waals surface area contributed by atoms with E-state index < -0.39 is 6.10 Å². The fourth-order valence-corrected chi connectivity index (χ4v) is 5.71. The van der Waals surface area contributed by atoms with Gasteiger partial charge in [-0.1, -0.05) is 24.6 Å². The lowest BCUT2D eigenvalue weighted by Crippen LogP contribution is -2.49. The lowest BCUT2D eigenvalue weighted by atomic mass is 9.95. The number of ether oxygens (including phenoxy) is 1. The summed E-state index contributed by atoms with van der Waals surface area (Å²) in [6.07, 6.45) is 12.1. The number of aryl methyl sites for hydroxylation is 1. The minimum atomic E-state index is -0.595. The summed E-state index contributed by atoms with van der Waals surface area (Å²) < 4.78 is 9.43. The van der Waals surface area contributed by atoms with Gasteiger partial charge in [0.15, 0.2) is 0 Å². The molecule has 1 aromatic heterocycles. The van der Waals surface area contributed by atoms with Gasteiger partial charge in [0.1, 0.15) is 5.82 Å². The summed E-state index contributed by atoms with van der Waals surface area (Å²) in [5.74, 6) is 0.701. The average molecular weight is 431 g/mol. The van der Waals surface area contributed by atoms with Crippen molar-refractivity contribution >= 4 is 0 Å². The molecule has 0 saturated carbocycles. The molecule has 3 aliphatic rings. The van der Waals surface area contributed by atoms with Crippen LogP contribution in [0.2, 0.25) is 0 Å². The van der Waals surface area contributed by atoms with Gasteiger partial charge in [-0.15, -0.1) is 0 Å². The van der Waals surface area contributed by atoms with Crippen LogP contribution in [0.3, 0.4) is 0 Å². The minimum absolute atomic E-state index is 0.133. The Morgan fingerprint density at radius 1 is 1.23 bits per heavy atom. The summed E-state index contributed by atoms with van der Waals surface area (Å²) in [7, 11) is 0. The Bertz CT molecular complexity index is 870. The molecular formula is C24H38N4O3. The fourth-order valence-electron chi connectivity index (χ4n) is 5.71. The van der Waals surface area contributed by atoms with E-state index in [1.807, 2.05) is 13.8 Å². The van der Waals surface area contributed by atoms with Crippen LogP contribution >= 0.6 is 0 Å². The highest BCUT2D eigenvalue weighted by atomic mass is 16.5. The first-order valence-corrected chi connectivity index (χ1v) is 12.1. The maximum absolute atomic E-state index is 12.4. The van der Waals surface area contributed by atoms with Crippen LogP contribution in [0, 0.1) is 6.92 Å². The molecule has 1 N–H and O–H groups in total. The average Bonchev–Trinajstić information content (AvgIpc) is 3.15. The highest BCUT2D eigenvalue weighted by molar-refractivity contribution is 5.29. The van der Waals surface area contributed by atoms with Gasteiger partial charge in [-0.05, 0) is 64.4 Å². The van der Waals surface area contributed by atoms with Crippen LogP contribution in [-0.2, 0) is 17.8 Å². The van der Waals surface area contributed by atoms with Crippen LogP contribution < -0.4 is 5.69 Å². The minimum Gasteiger partial charge on any atom is -0.390 e. The van der Waals surface area contributed by atoms with E-state index in [1.54, 1.807) is 10.1 Å². The summed E-state index contributed by atoms with van der Waals surface area (Å²) in [5, 5.41) is 15.0. The van der Waals surface area contributed by atoms with Crippen LogP contribution in [0.4, 0.5) is 0 Å². The molecule has 0 radical (unpaired) electrons. The van der Waals surface area contributed by atoms with Crippen molar-refractivity contribution < 1.29 is 9.84 Å². The Hall–Kier alpha value is -1.70. The molecule has 7 nitrogen and oxygen atoms in total. The second-order valence-corrected chi connectivity index (χ2v) is 9.32. The van der Waals surface area contributed by atoms with Crippen molar-refractivity contribution in [1.82, 2.24) is 19.2 Å². The highest BCUT2D eigenvalue weighted by Gasteiger charge is 2.41. The van der Waals surface area contributed by atoms with Gasteiger partial charge in [-0.3, -0.25) is 9.47 Å². The van der Waals surface area contributed by atoms with Gasteiger partial charge in [0, 0.05) is 25.2 Å². The van der Waals surface area contributed by atoms with Crippen molar-refractivity contribution in [2.45, 2.75) is 103 Å². The maximum Gasteiger partial charge on any atom is 0.345 e. The number of aromatic nitrogens is 3. The molecule has 2 unspecified atom stereocenters. The molecule has 31 heavy (non-hydrogen) atoms. The number of rotatable bonds is 9. The topological polar surface area (TPSA) is 72.5 Å². The molecule has 0 spiro atoms. The Morgan fingerprint density at radius 3 is 2.61 bits per heavy atom. The van der Waals surface area contributed by atoms with Crippen molar-refractivity contribution in [1.29, 1.82) is 0 Å². The van der Waals surface area contributed by atoms with E-state index >= 15 is 0 Å². The van der Waals surface area contributed by atoms with Gasteiger partial charge >= 0.3 is 5.69 Å². The van der Waals surface area contributed by atoms with E-state index in [1.165, 1.54) is 29.5 Å². The van der Waals surface area contributed by atoms with Crippen LogP contribution in [0.1, 0.15) is 64.6 Å². The number of hydrogen-bond donors (Lipinski definition) is 1. The number of hydrogen-bond acceptors (Lipinski definition) is 5. The van der Waals surface area contributed by atoms with Crippen molar-refractivity contribution in [3.8, 4) is 0 Å². The van der Waals surface area contributed by atoms with Gasteiger partial charge in [-0.2, -0.15) is 5.10 Å². The zero-order chi connectivity index (χ0) is 22.0. The molecule has 2 saturated heterocycles. The Kier molecular flexibility index (Phi) is 7.14. The quantitative estimate of drug-likeness (QED) is 0.652. The molecule has 2 fully saturated rings. The smallest absolute Gasteiger partial charge is 0.345 e. The molecule has 1 aromatic rings. The van der Waals surface area contributed by atoms with Gasteiger partial charge in [0.2, 0.25) is 0 Å². The number of piperidine rings is 1. The summed E-state index contributed by atoms with van der Waals surface area (Å²) in [6, 6.07) is 0.929. The van der Waals surface area contributed by atoms with E-state index in [0.29, 0.717) is 37.1 Å². The van der Waals surface area contributed by atoms with Crippen molar-refractivity contribution in [3.05, 3.63) is 39.6 Å². The standard InChI is InChI=1S/C24H38N4O3/c1-4-18-8-6-7-9-19(18)16-31-23-12-20-10-11-21(13-23)27(20)14-22(29)15-28-24(30)26(5-2)17(3)25-28/h7,9,20-23,29H,4-6,8,10-16H2,1-3H3/t20?,21?,22-,23?/m0/s1. The molecule has 2 aliphatic heterocycles. The molecule has 3 heterocycles. The SMILES string of the molecule is CCC1=C(COC2CC3CCC(C2)N3C[C@H](O)Cn2nc(C)n(CC)c2=O)C=CCC1. The molecule has 0 aromatic carbocycles. The van der Waals surface area contributed by atoms with Gasteiger partial charge < -0.3 is 9.84 Å². The second-order valence-electron chi connectivity index (χ2n) is 9.32. The Morgan fingerprint density at radius 2 is 1.97 bits per heavy atom. The normalized spacial score (nSPS) is 27.3. The molecule has 7 heteroatoms. The summed E-state index contributed by atoms with van der Waals surface area (Å²) in [6.45, 7) is 8.19. The largest absolute Gasteiger partial charge is 0.390 e.